The lowest BCUT2D eigenvalue weighted by molar-refractivity contribution is 0.0831. The molecular formula is C19H17BrClNO2. The van der Waals surface area contributed by atoms with E-state index in [1.807, 2.05) is 54.6 Å². The minimum Gasteiger partial charge on any atom is -0.445 e. The molecule has 2 aromatic rings. The number of amides is 1. The van der Waals surface area contributed by atoms with E-state index in [0.717, 1.165) is 22.0 Å². The van der Waals surface area contributed by atoms with Crippen molar-refractivity contribution < 1.29 is 9.53 Å². The van der Waals surface area contributed by atoms with Gasteiger partial charge in [0.25, 0.3) is 0 Å². The maximum atomic E-state index is 12.6. The second-order valence-electron chi connectivity index (χ2n) is 5.58. The molecule has 0 saturated heterocycles. The van der Waals surface area contributed by atoms with Gasteiger partial charge in [0.2, 0.25) is 0 Å². The summed E-state index contributed by atoms with van der Waals surface area (Å²) in [5.41, 5.74) is 1.96. The molecule has 1 atom stereocenters. The van der Waals surface area contributed by atoms with Crippen LogP contribution in [0.5, 0.6) is 0 Å². The van der Waals surface area contributed by atoms with Gasteiger partial charge in [-0.25, -0.2) is 4.79 Å². The summed E-state index contributed by atoms with van der Waals surface area (Å²) in [6.45, 7) is 0.792. The van der Waals surface area contributed by atoms with Crippen molar-refractivity contribution in [3.8, 4) is 0 Å². The van der Waals surface area contributed by atoms with Crippen LogP contribution in [0.1, 0.15) is 23.6 Å². The van der Waals surface area contributed by atoms with Gasteiger partial charge in [0.15, 0.2) is 0 Å². The first-order valence-corrected chi connectivity index (χ1v) is 8.89. The highest BCUT2D eigenvalue weighted by molar-refractivity contribution is 9.10. The lowest BCUT2D eigenvalue weighted by Crippen LogP contribution is -2.37. The molecule has 0 fully saturated rings. The minimum absolute atomic E-state index is 0.0913. The summed E-state index contributed by atoms with van der Waals surface area (Å²) in [6.07, 6.45) is 4.48. The number of ether oxygens (including phenoxy) is 1. The highest BCUT2D eigenvalue weighted by Gasteiger charge is 2.28. The third-order valence-electron chi connectivity index (χ3n) is 3.96. The van der Waals surface area contributed by atoms with E-state index in [-0.39, 0.29) is 18.7 Å². The first-order valence-electron chi connectivity index (χ1n) is 7.72. The Morgan fingerprint density at radius 3 is 2.79 bits per heavy atom. The first-order chi connectivity index (χ1) is 11.6. The number of carbonyl (C=O) groups excluding carboxylic acids is 1. The quantitative estimate of drug-likeness (QED) is 0.608. The normalized spacial score (nSPS) is 16.9. The number of hydrogen-bond donors (Lipinski definition) is 0. The summed E-state index contributed by atoms with van der Waals surface area (Å²) in [7, 11) is 0. The molecule has 1 amide bonds. The summed E-state index contributed by atoms with van der Waals surface area (Å²) in [5, 5.41) is 0.653. The fourth-order valence-electron chi connectivity index (χ4n) is 2.74. The Kier molecular flexibility index (Phi) is 5.59. The second-order valence-corrected chi connectivity index (χ2v) is 6.87. The SMILES string of the molecule is O=C(OCc1ccccc1)N1CC=CC[C@H]1c1cc(Cl)ccc1Br. The average molecular weight is 407 g/mol. The summed E-state index contributed by atoms with van der Waals surface area (Å²) in [5.74, 6) is 0. The van der Waals surface area contributed by atoms with Gasteiger partial charge in [0.1, 0.15) is 6.61 Å². The number of rotatable bonds is 3. The summed E-state index contributed by atoms with van der Waals surface area (Å²) < 4.78 is 6.43. The predicted octanol–water partition coefficient (Wildman–Crippen LogP) is 5.74. The molecule has 0 radical (unpaired) electrons. The predicted molar refractivity (Wildman–Crippen MR) is 99.0 cm³/mol. The monoisotopic (exact) mass is 405 g/mol. The highest BCUT2D eigenvalue weighted by Crippen LogP contribution is 2.35. The van der Waals surface area contributed by atoms with E-state index in [4.69, 9.17) is 16.3 Å². The Hall–Kier alpha value is -1.78. The zero-order valence-electron chi connectivity index (χ0n) is 13.0. The summed E-state index contributed by atoms with van der Waals surface area (Å²) in [4.78, 5) is 14.3. The molecule has 3 nitrogen and oxygen atoms in total. The highest BCUT2D eigenvalue weighted by atomic mass is 79.9. The molecule has 2 aromatic carbocycles. The molecule has 0 aromatic heterocycles. The molecule has 3 rings (SSSR count). The van der Waals surface area contributed by atoms with Gasteiger partial charge < -0.3 is 4.74 Å². The Balaban J connectivity index is 1.76. The van der Waals surface area contributed by atoms with Crippen LogP contribution in [0.15, 0.2) is 65.2 Å². The van der Waals surface area contributed by atoms with Crippen molar-refractivity contribution in [1.82, 2.24) is 4.90 Å². The van der Waals surface area contributed by atoms with Crippen molar-refractivity contribution in [3.63, 3.8) is 0 Å². The molecule has 5 heteroatoms. The smallest absolute Gasteiger partial charge is 0.410 e. The maximum absolute atomic E-state index is 12.6. The molecule has 24 heavy (non-hydrogen) atoms. The fourth-order valence-corrected chi connectivity index (χ4v) is 3.43. The Morgan fingerprint density at radius 2 is 2.00 bits per heavy atom. The van der Waals surface area contributed by atoms with Crippen molar-refractivity contribution in [2.24, 2.45) is 0 Å². The molecule has 0 saturated carbocycles. The average Bonchev–Trinajstić information content (AvgIpc) is 2.62. The molecule has 0 N–H and O–H groups in total. The van der Waals surface area contributed by atoms with Crippen LogP contribution in [-0.2, 0) is 11.3 Å². The molecule has 1 aliphatic heterocycles. The van der Waals surface area contributed by atoms with Crippen molar-refractivity contribution in [3.05, 3.63) is 81.3 Å². The van der Waals surface area contributed by atoms with E-state index < -0.39 is 0 Å². The van der Waals surface area contributed by atoms with Crippen LogP contribution in [0.4, 0.5) is 4.79 Å². The van der Waals surface area contributed by atoms with Crippen LogP contribution in [0, 0.1) is 0 Å². The standard InChI is InChI=1S/C19H17BrClNO2/c20-17-10-9-15(21)12-16(17)18-8-4-5-11-22(18)19(23)24-13-14-6-2-1-3-7-14/h1-7,9-10,12,18H,8,11,13H2/t18-/m0/s1. The van der Waals surface area contributed by atoms with Crippen molar-refractivity contribution in [1.29, 1.82) is 0 Å². The largest absolute Gasteiger partial charge is 0.445 e. The molecular weight excluding hydrogens is 390 g/mol. The van der Waals surface area contributed by atoms with Gasteiger partial charge >= 0.3 is 6.09 Å². The number of carbonyl (C=O) groups is 1. The van der Waals surface area contributed by atoms with Crippen LogP contribution in [0.3, 0.4) is 0 Å². The molecule has 1 heterocycles. The van der Waals surface area contributed by atoms with E-state index in [2.05, 4.69) is 22.0 Å². The van der Waals surface area contributed by atoms with E-state index in [0.29, 0.717) is 11.6 Å². The van der Waals surface area contributed by atoms with Crippen molar-refractivity contribution in [2.45, 2.75) is 19.1 Å². The second kappa shape index (κ2) is 7.86. The van der Waals surface area contributed by atoms with E-state index in [1.165, 1.54) is 0 Å². The van der Waals surface area contributed by atoms with Crippen LogP contribution >= 0.6 is 27.5 Å². The summed E-state index contributed by atoms with van der Waals surface area (Å²) in [6, 6.07) is 15.2. The first kappa shape index (κ1) is 17.1. The molecule has 0 aliphatic carbocycles. The number of benzene rings is 2. The lowest BCUT2D eigenvalue weighted by Gasteiger charge is -2.33. The van der Waals surface area contributed by atoms with Crippen LogP contribution in [-0.4, -0.2) is 17.5 Å². The third-order valence-corrected chi connectivity index (χ3v) is 4.92. The van der Waals surface area contributed by atoms with Crippen LogP contribution in [0.25, 0.3) is 0 Å². The number of halogens is 2. The van der Waals surface area contributed by atoms with Gasteiger partial charge in [-0.1, -0.05) is 70.0 Å². The number of hydrogen-bond acceptors (Lipinski definition) is 2. The summed E-state index contributed by atoms with van der Waals surface area (Å²) >= 11 is 9.69. The molecule has 1 aliphatic rings. The Morgan fingerprint density at radius 1 is 1.21 bits per heavy atom. The lowest BCUT2D eigenvalue weighted by atomic mass is 9.99. The van der Waals surface area contributed by atoms with Crippen molar-refractivity contribution in [2.75, 3.05) is 6.54 Å². The molecule has 0 unspecified atom stereocenters. The van der Waals surface area contributed by atoms with Crippen molar-refractivity contribution >= 4 is 33.6 Å². The molecule has 0 bridgehead atoms. The third kappa shape index (κ3) is 4.00. The van der Waals surface area contributed by atoms with Gasteiger partial charge in [-0.2, -0.15) is 0 Å². The topological polar surface area (TPSA) is 29.5 Å². The minimum atomic E-state index is -0.319. The zero-order chi connectivity index (χ0) is 16.9. The van der Waals surface area contributed by atoms with Gasteiger partial charge in [0, 0.05) is 16.0 Å². The van der Waals surface area contributed by atoms with Gasteiger partial charge in [-0.15, -0.1) is 0 Å². The van der Waals surface area contributed by atoms with Gasteiger partial charge in [0.05, 0.1) is 6.04 Å². The zero-order valence-corrected chi connectivity index (χ0v) is 15.3. The van der Waals surface area contributed by atoms with E-state index in [1.54, 1.807) is 4.90 Å². The molecule has 124 valence electrons. The Labute approximate surface area is 155 Å². The van der Waals surface area contributed by atoms with Crippen LogP contribution < -0.4 is 0 Å². The van der Waals surface area contributed by atoms with Gasteiger partial charge in [-0.05, 0) is 35.7 Å². The van der Waals surface area contributed by atoms with Gasteiger partial charge in [-0.3, -0.25) is 4.90 Å². The fraction of sp³-hybridized carbons (Fsp3) is 0.211. The van der Waals surface area contributed by atoms with E-state index >= 15 is 0 Å². The van der Waals surface area contributed by atoms with E-state index in [9.17, 15) is 4.79 Å². The molecule has 0 spiro atoms. The van der Waals surface area contributed by atoms with Crippen LogP contribution in [0.2, 0.25) is 5.02 Å². The Bertz CT molecular complexity index is 748. The maximum Gasteiger partial charge on any atom is 0.410 e. The number of nitrogens with zero attached hydrogens (tertiary/aromatic N) is 1.